The van der Waals surface area contributed by atoms with Gasteiger partial charge in [-0.05, 0) is 106 Å². The number of nitrogens with one attached hydrogen (secondary N) is 2. The van der Waals surface area contributed by atoms with Gasteiger partial charge in [-0.1, -0.05) is 19.9 Å². The second-order valence-electron chi connectivity index (χ2n) is 14.5. The van der Waals surface area contributed by atoms with Crippen molar-refractivity contribution in [3.05, 3.63) is 85.2 Å². The molecule has 2 amide bonds. The summed E-state index contributed by atoms with van der Waals surface area (Å²) in [5.41, 5.74) is 7.74. The summed E-state index contributed by atoms with van der Waals surface area (Å²) in [7, 11) is 1.80. The zero-order valence-corrected chi connectivity index (χ0v) is 31.1. The molecule has 0 radical (unpaired) electrons. The lowest BCUT2D eigenvalue weighted by Crippen LogP contribution is -2.42. The summed E-state index contributed by atoms with van der Waals surface area (Å²) in [6, 6.07) is 12.3. The number of ether oxygens (including phenoxy) is 1. The second-order valence-corrected chi connectivity index (χ2v) is 14.5. The quantitative estimate of drug-likeness (QED) is 0.243. The SMILES string of the molecule is CCN(c1cc(-c2ccc3c(c2)n(C2CCN(C(=O)C(C)C)CC2)c(=O)n3C)cc(C(=O)NCc2c(C)cc(C)[nH]c2=O)c1C)C1CCOCC1. The molecule has 2 N–H and O–H groups in total. The summed E-state index contributed by atoms with van der Waals surface area (Å²) < 4.78 is 9.29. The van der Waals surface area contributed by atoms with Crippen LogP contribution in [0.1, 0.15) is 85.2 Å². The van der Waals surface area contributed by atoms with Crippen LogP contribution in [0.25, 0.3) is 22.2 Å². The van der Waals surface area contributed by atoms with E-state index in [1.54, 1.807) is 11.6 Å². The van der Waals surface area contributed by atoms with Crippen molar-refractivity contribution in [2.24, 2.45) is 13.0 Å². The molecule has 4 heterocycles. The Balaban J connectivity index is 1.41. The molecule has 2 aromatic heterocycles. The molecule has 0 saturated carbocycles. The molecule has 2 aliphatic heterocycles. The summed E-state index contributed by atoms with van der Waals surface area (Å²) >= 11 is 0. The molecule has 272 valence electrons. The minimum atomic E-state index is -0.251. The number of hydrogen-bond acceptors (Lipinski definition) is 6. The number of piperidine rings is 1. The molecule has 4 aromatic rings. The molecule has 0 spiro atoms. The van der Waals surface area contributed by atoms with E-state index in [9.17, 15) is 19.2 Å². The van der Waals surface area contributed by atoms with Crippen LogP contribution in [0.4, 0.5) is 5.69 Å². The van der Waals surface area contributed by atoms with Gasteiger partial charge in [0, 0.05) is 87.0 Å². The van der Waals surface area contributed by atoms with Crippen molar-refractivity contribution >= 4 is 28.5 Å². The monoisotopic (exact) mass is 696 g/mol. The molecule has 2 saturated heterocycles. The maximum atomic E-state index is 14.1. The standard InChI is InChI=1S/C40H52N6O5/c1-8-45(30-13-17-51-18-14-30)35-22-29(20-32(27(35)6)37(47)41-23-33-25(4)19-26(5)42-38(33)48)28-9-10-34-36(21-28)46(40(50)43(34)7)31-11-15-44(16-12-31)39(49)24(2)3/h9-10,19-22,24,30-31H,8,11-18,23H2,1-7H3,(H,41,47)(H,42,48). The van der Waals surface area contributed by atoms with Crippen LogP contribution in [0.15, 0.2) is 46.0 Å². The van der Waals surface area contributed by atoms with Crippen LogP contribution >= 0.6 is 0 Å². The van der Waals surface area contributed by atoms with Crippen molar-refractivity contribution in [1.29, 1.82) is 0 Å². The predicted octanol–water partition coefficient (Wildman–Crippen LogP) is 5.38. The van der Waals surface area contributed by atoms with Gasteiger partial charge in [-0.2, -0.15) is 0 Å². The summed E-state index contributed by atoms with van der Waals surface area (Å²) in [5.74, 6) is -0.155. The number of H-pyrrole nitrogens is 1. The number of likely N-dealkylation sites (tertiary alicyclic amines) is 1. The fourth-order valence-corrected chi connectivity index (χ4v) is 8.00. The van der Waals surface area contributed by atoms with Crippen molar-refractivity contribution in [2.75, 3.05) is 37.7 Å². The van der Waals surface area contributed by atoms with Crippen LogP contribution < -0.4 is 21.5 Å². The van der Waals surface area contributed by atoms with Gasteiger partial charge < -0.3 is 24.8 Å². The molecule has 11 heteroatoms. The Kier molecular flexibility index (Phi) is 10.6. The van der Waals surface area contributed by atoms with Gasteiger partial charge in [0.05, 0.1) is 11.0 Å². The summed E-state index contributed by atoms with van der Waals surface area (Å²) in [4.78, 5) is 60.3. The average Bonchev–Trinajstić information content (AvgIpc) is 3.37. The maximum absolute atomic E-state index is 14.1. The maximum Gasteiger partial charge on any atom is 0.329 e. The highest BCUT2D eigenvalue weighted by Gasteiger charge is 2.29. The Morgan fingerprint density at radius 2 is 1.67 bits per heavy atom. The number of rotatable bonds is 9. The molecule has 0 unspecified atom stereocenters. The number of pyridine rings is 1. The van der Waals surface area contributed by atoms with E-state index in [-0.39, 0.29) is 47.6 Å². The number of carbonyl (C=O) groups is 2. The van der Waals surface area contributed by atoms with Gasteiger partial charge in [-0.3, -0.25) is 23.5 Å². The number of aryl methyl sites for hydroxylation is 3. The van der Waals surface area contributed by atoms with Gasteiger partial charge in [-0.15, -0.1) is 0 Å². The zero-order chi connectivity index (χ0) is 36.6. The normalized spacial score (nSPS) is 15.9. The first kappa shape index (κ1) is 36.2. The number of hydrogen-bond donors (Lipinski definition) is 2. The first-order chi connectivity index (χ1) is 24.4. The lowest BCUT2D eigenvalue weighted by atomic mass is 9.94. The van der Waals surface area contributed by atoms with E-state index in [4.69, 9.17) is 4.74 Å². The van der Waals surface area contributed by atoms with Crippen molar-refractivity contribution in [3.8, 4) is 11.1 Å². The topological polar surface area (TPSA) is 122 Å². The van der Waals surface area contributed by atoms with Gasteiger partial charge in [0.25, 0.3) is 11.5 Å². The van der Waals surface area contributed by atoms with Crippen LogP contribution in [0.3, 0.4) is 0 Å². The highest BCUT2D eigenvalue weighted by atomic mass is 16.5. The third-order valence-electron chi connectivity index (χ3n) is 10.9. The molecule has 0 atom stereocenters. The van der Waals surface area contributed by atoms with Crippen molar-refractivity contribution in [3.63, 3.8) is 0 Å². The Morgan fingerprint density at radius 3 is 2.31 bits per heavy atom. The first-order valence-corrected chi connectivity index (χ1v) is 18.4. The number of fused-ring (bicyclic) bond motifs is 1. The van der Waals surface area contributed by atoms with Crippen molar-refractivity contribution < 1.29 is 14.3 Å². The Labute approximate surface area is 299 Å². The number of amides is 2. The molecular formula is C40H52N6O5. The molecular weight excluding hydrogens is 644 g/mol. The van der Waals surface area contributed by atoms with Gasteiger partial charge >= 0.3 is 5.69 Å². The van der Waals surface area contributed by atoms with E-state index in [1.165, 1.54) is 0 Å². The molecule has 0 bridgehead atoms. The number of anilines is 1. The van der Waals surface area contributed by atoms with Crippen LogP contribution in [0.5, 0.6) is 0 Å². The molecule has 51 heavy (non-hydrogen) atoms. The summed E-state index contributed by atoms with van der Waals surface area (Å²) in [5, 5.41) is 3.04. The van der Waals surface area contributed by atoms with Crippen LogP contribution in [0, 0.1) is 26.7 Å². The zero-order valence-electron chi connectivity index (χ0n) is 31.1. The third-order valence-corrected chi connectivity index (χ3v) is 10.9. The third kappa shape index (κ3) is 7.13. The number of carbonyl (C=O) groups excluding carboxylic acids is 2. The second kappa shape index (κ2) is 14.9. The van der Waals surface area contributed by atoms with E-state index in [0.29, 0.717) is 50.3 Å². The minimum absolute atomic E-state index is 0.0277. The molecule has 0 aliphatic carbocycles. The fraction of sp³-hybridized carbons (Fsp3) is 0.500. The van der Waals surface area contributed by atoms with Crippen LogP contribution in [-0.2, 0) is 23.1 Å². The van der Waals surface area contributed by atoms with Crippen molar-refractivity contribution in [1.82, 2.24) is 24.3 Å². The molecule has 2 aliphatic rings. The highest BCUT2D eigenvalue weighted by Crippen LogP contribution is 2.36. The largest absolute Gasteiger partial charge is 0.381 e. The summed E-state index contributed by atoms with van der Waals surface area (Å²) in [6.45, 7) is 15.2. The minimum Gasteiger partial charge on any atom is -0.381 e. The van der Waals surface area contributed by atoms with E-state index >= 15 is 0 Å². The predicted molar refractivity (Wildman–Crippen MR) is 202 cm³/mol. The Bertz CT molecular complexity index is 2060. The van der Waals surface area contributed by atoms with E-state index in [2.05, 4.69) is 34.3 Å². The average molecular weight is 697 g/mol. The van der Waals surface area contributed by atoms with Gasteiger partial charge in [0.1, 0.15) is 0 Å². The first-order valence-electron chi connectivity index (χ1n) is 18.4. The number of imidazole rings is 1. The summed E-state index contributed by atoms with van der Waals surface area (Å²) in [6.07, 6.45) is 3.22. The number of nitrogens with zero attached hydrogens (tertiary/aromatic N) is 4. The Morgan fingerprint density at radius 1 is 0.961 bits per heavy atom. The molecule has 11 nitrogen and oxygen atoms in total. The lowest BCUT2D eigenvalue weighted by molar-refractivity contribution is -0.135. The Hall–Kier alpha value is -4.64. The van der Waals surface area contributed by atoms with Gasteiger partial charge in [0.15, 0.2) is 0 Å². The molecule has 2 fully saturated rings. The van der Waals surface area contributed by atoms with Gasteiger partial charge in [0.2, 0.25) is 5.91 Å². The molecule has 2 aromatic carbocycles. The number of aromatic nitrogens is 3. The van der Waals surface area contributed by atoms with E-state index in [1.807, 2.05) is 68.4 Å². The molecule has 6 rings (SSSR count). The number of benzene rings is 2. The highest BCUT2D eigenvalue weighted by molar-refractivity contribution is 5.99. The fourth-order valence-electron chi connectivity index (χ4n) is 8.00. The van der Waals surface area contributed by atoms with Gasteiger partial charge in [-0.25, -0.2) is 4.79 Å². The van der Waals surface area contributed by atoms with Crippen LogP contribution in [-0.4, -0.2) is 69.7 Å². The smallest absolute Gasteiger partial charge is 0.329 e. The van der Waals surface area contributed by atoms with E-state index < -0.39 is 0 Å². The van der Waals surface area contributed by atoms with E-state index in [0.717, 1.165) is 64.1 Å². The lowest BCUT2D eigenvalue weighted by Gasteiger charge is -2.37. The van der Waals surface area contributed by atoms with Crippen LogP contribution in [0.2, 0.25) is 0 Å². The number of aromatic amines is 1. The van der Waals surface area contributed by atoms with Crippen molar-refractivity contribution in [2.45, 2.75) is 85.9 Å².